The van der Waals surface area contributed by atoms with Crippen molar-refractivity contribution < 1.29 is 8.42 Å². The van der Waals surface area contributed by atoms with Crippen LogP contribution in [0.2, 0.25) is 0 Å². The third kappa shape index (κ3) is 4.95. The van der Waals surface area contributed by atoms with Gasteiger partial charge in [0.1, 0.15) is 5.82 Å². The lowest BCUT2D eigenvalue weighted by Crippen LogP contribution is -2.39. The van der Waals surface area contributed by atoms with Gasteiger partial charge in [0.05, 0.1) is 23.7 Å². The molecule has 2 aromatic heterocycles. The van der Waals surface area contributed by atoms with Gasteiger partial charge in [-0.15, -0.1) is 0 Å². The average Bonchev–Trinajstić information content (AvgIpc) is 2.97. The van der Waals surface area contributed by atoms with Gasteiger partial charge in [-0.1, -0.05) is 0 Å². The molecule has 2 aromatic rings. The summed E-state index contributed by atoms with van der Waals surface area (Å²) in [5, 5.41) is 7.72. The van der Waals surface area contributed by atoms with E-state index in [0.717, 1.165) is 42.8 Å². The first-order valence-electron chi connectivity index (χ1n) is 8.99. The van der Waals surface area contributed by atoms with Crippen molar-refractivity contribution in [2.75, 3.05) is 30.6 Å². The molecule has 0 saturated heterocycles. The molecule has 10 heteroatoms. The van der Waals surface area contributed by atoms with E-state index in [-0.39, 0.29) is 12.1 Å². The first-order chi connectivity index (χ1) is 12.7. The number of nitrogens with zero attached hydrogens (tertiary/aromatic N) is 5. The van der Waals surface area contributed by atoms with E-state index in [9.17, 15) is 8.42 Å². The molecule has 9 nitrogen and oxygen atoms in total. The highest BCUT2D eigenvalue weighted by atomic mass is 32.2. The van der Waals surface area contributed by atoms with Crippen molar-refractivity contribution in [1.29, 1.82) is 0 Å². The maximum absolute atomic E-state index is 11.4. The Morgan fingerprint density at radius 1 is 1.19 bits per heavy atom. The maximum Gasteiger partial charge on any atom is 0.223 e. The molecule has 2 heterocycles. The summed E-state index contributed by atoms with van der Waals surface area (Å²) in [5.41, 5.74) is 1.77. The van der Waals surface area contributed by atoms with Gasteiger partial charge in [0.25, 0.3) is 0 Å². The van der Waals surface area contributed by atoms with Crippen molar-refractivity contribution in [1.82, 2.24) is 24.5 Å². The zero-order valence-corrected chi connectivity index (χ0v) is 17.0. The average molecular weight is 394 g/mol. The van der Waals surface area contributed by atoms with Gasteiger partial charge in [-0.25, -0.2) is 23.1 Å². The Hall–Kier alpha value is -2.20. The number of anilines is 2. The molecule has 0 unspecified atom stereocenters. The van der Waals surface area contributed by atoms with Crippen LogP contribution in [0.3, 0.4) is 0 Å². The second-order valence-electron chi connectivity index (χ2n) is 7.25. The topological polar surface area (TPSA) is 105 Å². The van der Waals surface area contributed by atoms with Crippen LogP contribution in [0.25, 0.3) is 11.3 Å². The maximum atomic E-state index is 11.4. The van der Waals surface area contributed by atoms with Crippen LogP contribution in [0.1, 0.15) is 25.7 Å². The third-order valence-electron chi connectivity index (χ3n) is 4.70. The van der Waals surface area contributed by atoms with Crippen LogP contribution in [0.4, 0.5) is 11.8 Å². The molecule has 148 valence electrons. The summed E-state index contributed by atoms with van der Waals surface area (Å²) in [6.07, 6.45) is 8.11. The lowest BCUT2D eigenvalue weighted by atomic mass is 9.92. The second kappa shape index (κ2) is 7.81. The fourth-order valence-corrected chi connectivity index (χ4v) is 4.40. The van der Waals surface area contributed by atoms with E-state index in [0.29, 0.717) is 5.95 Å². The lowest BCUT2D eigenvalue weighted by molar-refractivity contribution is 0.387. The summed E-state index contributed by atoms with van der Waals surface area (Å²) in [4.78, 5) is 11.0. The molecule has 0 spiro atoms. The third-order valence-corrected chi connectivity index (χ3v) is 5.47. The molecule has 3 rings (SSSR count). The van der Waals surface area contributed by atoms with Gasteiger partial charge in [-0.3, -0.25) is 4.68 Å². The first kappa shape index (κ1) is 19.6. The van der Waals surface area contributed by atoms with Crippen LogP contribution in [0.15, 0.2) is 18.5 Å². The Kier molecular flexibility index (Phi) is 5.66. The number of rotatable bonds is 6. The zero-order valence-electron chi connectivity index (χ0n) is 16.2. The highest BCUT2D eigenvalue weighted by Gasteiger charge is 2.24. The Balaban J connectivity index is 1.67. The zero-order chi connectivity index (χ0) is 19.6. The summed E-state index contributed by atoms with van der Waals surface area (Å²) in [7, 11) is 2.70. The second-order valence-corrected chi connectivity index (χ2v) is 9.03. The summed E-state index contributed by atoms with van der Waals surface area (Å²) >= 11 is 0. The summed E-state index contributed by atoms with van der Waals surface area (Å²) in [5.74, 6) is 1.56. The van der Waals surface area contributed by atoms with Crippen LogP contribution >= 0.6 is 0 Å². The minimum absolute atomic E-state index is 0.0170. The molecule has 0 aliphatic heterocycles. The molecule has 1 aliphatic rings. The van der Waals surface area contributed by atoms with Crippen LogP contribution in [-0.4, -0.2) is 60.6 Å². The normalized spacial score (nSPS) is 20.4. The summed E-state index contributed by atoms with van der Waals surface area (Å²) in [6.45, 7) is 0. The van der Waals surface area contributed by atoms with Crippen molar-refractivity contribution in [3.05, 3.63) is 18.5 Å². The highest BCUT2D eigenvalue weighted by Crippen LogP contribution is 2.28. The predicted molar refractivity (Wildman–Crippen MR) is 106 cm³/mol. The molecule has 0 amide bonds. The Morgan fingerprint density at radius 3 is 2.48 bits per heavy atom. The minimum Gasteiger partial charge on any atom is -0.362 e. The van der Waals surface area contributed by atoms with Gasteiger partial charge in [0.2, 0.25) is 16.0 Å². The van der Waals surface area contributed by atoms with E-state index < -0.39 is 10.0 Å². The van der Waals surface area contributed by atoms with Crippen LogP contribution in [-0.2, 0) is 17.1 Å². The number of sulfonamides is 1. The van der Waals surface area contributed by atoms with Gasteiger partial charge >= 0.3 is 0 Å². The largest absolute Gasteiger partial charge is 0.362 e. The number of aryl methyl sites for hydroxylation is 1. The van der Waals surface area contributed by atoms with E-state index in [2.05, 4.69) is 25.1 Å². The molecule has 0 aromatic carbocycles. The molecule has 2 N–H and O–H groups in total. The number of nitrogens with one attached hydrogen (secondary N) is 2. The van der Waals surface area contributed by atoms with Crippen molar-refractivity contribution in [2.24, 2.45) is 7.05 Å². The lowest BCUT2D eigenvalue weighted by Gasteiger charge is -2.29. The summed E-state index contributed by atoms with van der Waals surface area (Å²) < 4.78 is 27.2. The fourth-order valence-electron chi connectivity index (χ4n) is 3.56. The molecule has 1 fully saturated rings. The number of aromatic nitrogens is 4. The van der Waals surface area contributed by atoms with E-state index in [1.54, 1.807) is 6.20 Å². The molecular weight excluding hydrogens is 366 g/mol. The number of hydrogen-bond acceptors (Lipinski definition) is 7. The predicted octanol–water partition coefficient (Wildman–Crippen LogP) is 1.22. The van der Waals surface area contributed by atoms with Crippen molar-refractivity contribution in [3.63, 3.8) is 0 Å². The molecular formula is C17H27N7O2S. The van der Waals surface area contributed by atoms with Gasteiger partial charge in [-0.05, 0) is 31.7 Å². The van der Waals surface area contributed by atoms with Crippen molar-refractivity contribution >= 4 is 21.8 Å². The SMILES string of the molecule is CN(C)c1c(-c2ccnc(NC3CCC(NS(C)(=O)=O)CC3)n2)cnn1C. The molecule has 0 atom stereocenters. The number of hydrogen-bond donors (Lipinski definition) is 2. The Labute approximate surface area is 160 Å². The quantitative estimate of drug-likeness (QED) is 0.760. The molecule has 1 saturated carbocycles. The van der Waals surface area contributed by atoms with E-state index in [1.165, 1.54) is 6.26 Å². The molecule has 1 aliphatic carbocycles. The standard InChI is InChI=1S/C17H27N7O2S/c1-23(2)16-14(11-19-24(16)3)15-9-10-18-17(21-15)20-12-5-7-13(8-6-12)22-27(4,25)26/h9-13,22H,5-8H2,1-4H3,(H,18,20,21). The first-order valence-corrected chi connectivity index (χ1v) is 10.9. The molecule has 0 bridgehead atoms. The van der Waals surface area contributed by atoms with E-state index >= 15 is 0 Å². The van der Waals surface area contributed by atoms with Gasteiger partial charge < -0.3 is 10.2 Å². The minimum atomic E-state index is -3.15. The van der Waals surface area contributed by atoms with Gasteiger partial charge in [0, 0.05) is 39.4 Å². The summed E-state index contributed by atoms with van der Waals surface area (Å²) in [6, 6.07) is 2.13. The monoisotopic (exact) mass is 393 g/mol. The van der Waals surface area contributed by atoms with Crippen molar-refractivity contribution in [3.8, 4) is 11.3 Å². The molecule has 27 heavy (non-hydrogen) atoms. The van der Waals surface area contributed by atoms with E-state index in [1.807, 2.05) is 43.0 Å². The Bertz CT molecular complexity index is 886. The van der Waals surface area contributed by atoms with Crippen molar-refractivity contribution in [2.45, 2.75) is 37.8 Å². The van der Waals surface area contributed by atoms with E-state index in [4.69, 9.17) is 0 Å². The van der Waals surface area contributed by atoms with Crippen LogP contribution in [0, 0.1) is 0 Å². The Morgan fingerprint density at radius 2 is 1.85 bits per heavy atom. The fraction of sp³-hybridized carbons (Fsp3) is 0.588. The smallest absolute Gasteiger partial charge is 0.223 e. The van der Waals surface area contributed by atoms with Crippen LogP contribution < -0.4 is 14.9 Å². The van der Waals surface area contributed by atoms with Gasteiger partial charge in [0.15, 0.2) is 0 Å². The van der Waals surface area contributed by atoms with Gasteiger partial charge in [-0.2, -0.15) is 5.10 Å². The van der Waals surface area contributed by atoms with Crippen LogP contribution in [0.5, 0.6) is 0 Å². The molecule has 0 radical (unpaired) electrons. The highest BCUT2D eigenvalue weighted by molar-refractivity contribution is 7.88.